The fourth-order valence-electron chi connectivity index (χ4n) is 3.46. The van der Waals surface area contributed by atoms with Crippen molar-refractivity contribution in [2.24, 2.45) is 0 Å². The number of amides is 1. The summed E-state index contributed by atoms with van der Waals surface area (Å²) in [5, 5.41) is 11.3. The Bertz CT molecular complexity index is 1090. The molecule has 2 aromatic carbocycles. The quantitative estimate of drug-likeness (QED) is 0.299. The molecule has 1 atom stereocenters. The summed E-state index contributed by atoms with van der Waals surface area (Å²) in [6.45, 7) is 3.52. The number of ether oxygens (including phenoxy) is 1. The maximum absolute atomic E-state index is 13.3. The summed E-state index contributed by atoms with van der Waals surface area (Å²) in [7, 11) is 1.23. The van der Waals surface area contributed by atoms with Crippen LogP contribution in [-0.4, -0.2) is 28.8 Å². The van der Waals surface area contributed by atoms with Crippen molar-refractivity contribution in [2.45, 2.75) is 19.9 Å². The van der Waals surface area contributed by atoms with Crippen LogP contribution in [0.1, 0.15) is 31.0 Å². The summed E-state index contributed by atoms with van der Waals surface area (Å²) in [5.74, 6) is -1.08. The molecule has 0 bridgehead atoms. The zero-order valence-corrected chi connectivity index (χ0v) is 17.3. The number of benzene rings is 2. The van der Waals surface area contributed by atoms with Crippen molar-refractivity contribution in [3.63, 3.8) is 0 Å². The highest BCUT2D eigenvalue weighted by Gasteiger charge is 2.39. The van der Waals surface area contributed by atoms with Gasteiger partial charge in [-0.25, -0.2) is 4.79 Å². The number of rotatable bonds is 5. The van der Waals surface area contributed by atoms with E-state index in [1.54, 1.807) is 6.92 Å². The van der Waals surface area contributed by atoms with Crippen LogP contribution in [0.15, 0.2) is 65.4 Å². The molecule has 0 fully saturated rings. The third-order valence-corrected chi connectivity index (χ3v) is 5.33. The van der Waals surface area contributed by atoms with E-state index < -0.39 is 16.8 Å². The molecule has 0 spiro atoms. The molecule has 8 heteroatoms. The van der Waals surface area contributed by atoms with Gasteiger partial charge in [0.05, 0.1) is 29.2 Å². The Morgan fingerprint density at radius 3 is 2.50 bits per heavy atom. The summed E-state index contributed by atoms with van der Waals surface area (Å²) in [5.41, 5.74) is 1.60. The minimum atomic E-state index is -0.670. The van der Waals surface area contributed by atoms with Crippen LogP contribution in [0.5, 0.6) is 0 Å². The van der Waals surface area contributed by atoms with Gasteiger partial charge in [-0.15, -0.1) is 0 Å². The number of non-ortho nitro benzene ring substituents is 1. The molecular weight excluding hydrogens is 408 g/mol. The first kappa shape index (κ1) is 21.3. The van der Waals surface area contributed by atoms with E-state index in [-0.39, 0.29) is 33.5 Å². The van der Waals surface area contributed by atoms with Gasteiger partial charge in [-0.3, -0.25) is 14.9 Å². The van der Waals surface area contributed by atoms with Crippen LogP contribution >= 0.6 is 11.6 Å². The van der Waals surface area contributed by atoms with Crippen molar-refractivity contribution in [3.05, 3.63) is 91.6 Å². The van der Waals surface area contributed by atoms with E-state index in [0.29, 0.717) is 5.70 Å². The third kappa shape index (κ3) is 3.84. The average Bonchev–Trinajstić information content (AvgIpc) is 2.98. The Hall–Kier alpha value is -3.45. The fourth-order valence-corrected chi connectivity index (χ4v) is 3.63. The average molecular weight is 427 g/mol. The van der Waals surface area contributed by atoms with E-state index in [1.165, 1.54) is 36.3 Å². The number of nitro benzene ring substituents is 1. The molecule has 7 nitrogen and oxygen atoms in total. The fraction of sp³-hybridized carbons (Fsp3) is 0.182. The Balaban J connectivity index is 2.14. The molecule has 0 saturated carbocycles. The second kappa shape index (κ2) is 8.51. The highest BCUT2D eigenvalue weighted by atomic mass is 35.5. The van der Waals surface area contributed by atoms with Crippen LogP contribution in [0.4, 0.5) is 5.69 Å². The van der Waals surface area contributed by atoms with Crippen molar-refractivity contribution in [1.29, 1.82) is 0 Å². The van der Waals surface area contributed by atoms with Gasteiger partial charge in [0.15, 0.2) is 0 Å². The van der Waals surface area contributed by atoms with E-state index in [4.69, 9.17) is 16.3 Å². The van der Waals surface area contributed by atoms with E-state index >= 15 is 0 Å². The number of methoxy groups -OCH3 is 1. The molecule has 2 aromatic rings. The Labute approximate surface area is 178 Å². The summed E-state index contributed by atoms with van der Waals surface area (Å²) < 4.78 is 4.89. The lowest BCUT2D eigenvalue weighted by Gasteiger charge is -2.26. The SMILES string of the molecule is COC(=O)C1=C(C)N([C@H](C)c2ccccc2)C(=O)/C1=C\c1cc([N+](=O)[O-])ccc1Cl. The number of esters is 1. The van der Waals surface area contributed by atoms with E-state index in [0.717, 1.165) is 5.56 Å². The molecule has 0 radical (unpaired) electrons. The zero-order valence-electron chi connectivity index (χ0n) is 16.6. The van der Waals surface area contributed by atoms with Crippen molar-refractivity contribution in [3.8, 4) is 0 Å². The number of allylic oxidation sites excluding steroid dienone is 1. The van der Waals surface area contributed by atoms with Gasteiger partial charge >= 0.3 is 5.97 Å². The molecule has 0 aliphatic carbocycles. The molecule has 0 saturated heterocycles. The Morgan fingerprint density at radius 1 is 1.23 bits per heavy atom. The van der Waals surface area contributed by atoms with Crippen molar-refractivity contribution in [1.82, 2.24) is 4.90 Å². The monoisotopic (exact) mass is 426 g/mol. The number of nitro groups is 1. The second-order valence-electron chi connectivity index (χ2n) is 6.73. The van der Waals surface area contributed by atoms with Gasteiger partial charge in [-0.2, -0.15) is 0 Å². The normalized spacial score (nSPS) is 16.2. The lowest BCUT2D eigenvalue weighted by atomic mass is 10.0. The summed E-state index contributed by atoms with van der Waals surface area (Å²) >= 11 is 6.20. The first-order valence-corrected chi connectivity index (χ1v) is 9.47. The minimum absolute atomic E-state index is 0.0736. The zero-order chi connectivity index (χ0) is 22.0. The molecule has 1 aliphatic heterocycles. The number of hydrogen-bond acceptors (Lipinski definition) is 5. The molecule has 1 heterocycles. The van der Waals surface area contributed by atoms with Gasteiger partial charge in [-0.1, -0.05) is 41.9 Å². The van der Waals surface area contributed by atoms with Gasteiger partial charge in [0.25, 0.3) is 11.6 Å². The maximum atomic E-state index is 13.3. The number of hydrogen-bond donors (Lipinski definition) is 0. The largest absolute Gasteiger partial charge is 0.465 e. The first-order valence-electron chi connectivity index (χ1n) is 9.10. The maximum Gasteiger partial charge on any atom is 0.340 e. The van der Waals surface area contributed by atoms with Crippen LogP contribution in [-0.2, 0) is 14.3 Å². The summed E-state index contributed by atoms with van der Waals surface area (Å²) in [6, 6.07) is 13.0. The highest BCUT2D eigenvalue weighted by Crippen LogP contribution is 2.38. The van der Waals surface area contributed by atoms with Crippen molar-refractivity contribution >= 4 is 35.2 Å². The molecular formula is C22H19ClN2O5. The number of halogens is 1. The topological polar surface area (TPSA) is 89.8 Å². The van der Waals surface area contributed by atoms with Gasteiger partial charge in [0, 0.05) is 28.4 Å². The number of carbonyl (C=O) groups is 2. The van der Waals surface area contributed by atoms with Crippen molar-refractivity contribution in [2.75, 3.05) is 7.11 Å². The predicted molar refractivity (Wildman–Crippen MR) is 113 cm³/mol. The minimum Gasteiger partial charge on any atom is -0.465 e. The molecule has 30 heavy (non-hydrogen) atoms. The molecule has 154 valence electrons. The molecule has 0 aromatic heterocycles. The number of nitrogens with zero attached hydrogens (tertiary/aromatic N) is 2. The number of carbonyl (C=O) groups excluding carboxylic acids is 2. The molecule has 0 N–H and O–H groups in total. The van der Waals surface area contributed by atoms with Crippen molar-refractivity contribution < 1.29 is 19.2 Å². The lowest BCUT2D eigenvalue weighted by Crippen LogP contribution is -2.28. The summed E-state index contributed by atoms with van der Waals surface area (Å²) in [4.78, 5) is 37.9. The molecule has 3 rings (SSSR count). The Morgan fingerprint density at radius 2 is 1.90 bits per heavy atom. The Kier molecular flexibility index (Phi) is 6.03. The van der Waals surface area contributed by atoms with Gasteiger partial charge in [-0.05, 0) is 31.6 Å². The molecule has 1 amide bonds. The van der Waals surface area contributed by atoms with Crippen LogP contribution in [0.3, 0.4) is 0 Å². The van der Waals surface area contributed by atoms with E-state index in [9.17, 15) is 19.7 Å². The van der Waals surface area contributed by atoms with Gasteiger partial charge in [0.1, 0.15) is 0 Å². The first-order chi connectivity index (χ1) is 14.3. The van der Waals surface area contributed by atoms with Crippen LogP contribution in [0, 0.1) is 10.1 Å². The lowest BCUT2D eigenvalue weighted by molar-refractivity contribution is -0.384. The molecule has 1 aliphatic rings. The standard InChI is InChI=1S/C22H19ClN2O5/c1-13(15-7-5-4-6-8-15)24-14(2)20(22(27)30-3)18(21(24)26)12-16-11-17(25(28)29)9-10-19(16)23/h4-13H,1-3H3/b18-12-/t13-/m1/s1. The molecule has 0 unspecified atom stereocenters. The smallest absolute Gasteiger partial charge is 0.340 e. The van der Waals surface area contributed by atoms with Gasteiger partial charge in [0.2, 0.25) is 0 Å². The summed E-state index contributed by atoms with van der Waals surface area (Å²) in [6.07, 6.45) is 1.39. The van der Waals surface area contributed by atoms with Gasteiger partial charge < -0.3 is 9.64 Å². The predicted octanol–water partition coefficient (Wildman–Crippen LogP) is 4.68. The van der Waals surface area contributed by atoms with Crippen LogP contribution in [0.2, 0.25) is 5.02 Å². The van der Waals surface area contributed by atoms with E-state index in [2.05, 4.69) is 0 Å². The highest BCUT2D eigenvalue weighted by molar-refractivity contribution is 6.32. The second-order valence-corrected chi connectivity index (χ2v) is 7.14. The third-order valence-electron chi connectivity index (χ3n) is 4.99. The van der Waals surface area contributed by atoms with Crippen LogP contribution in [0.25, 0.3) is 6.08 Å². The van der Waals surface area contributed by atoms with Crippen LogP contribution < -0.4 is 0 Å². The van der Waals surface area contributed by atoms with E-state index in [1.807, 2.05) is 37.3 Å².